The Morgan fingerprint density at radius 2 is 1.81 bits per heavy atom. The van der Waals surface area contributed by atoms with Crippen LogP contribution in [-0.4, -0.2) is 22.3 Å². The number of nitrogen functional groups attached to an aromatic ring is 1. The highest BCUT2D eigenvalue weighted by Crippen LogP contribution is 2.25. The molecule has 3 rings (SSSR count). The molecular weight excluding hydrogens is 282 g/mol. The molecule has 0 fully saturated rings. The van der Waals surface area contributed by atoms with Gasteiger partial charge in [0.1, 0.15) is 17.1 Å². The third-order valence-electron chi connectivity index (χ3n) is 3.00. The van der Waals surface area contributed by atoms with Crippen molar-refractivity contribution in [2.45, 2.75) is 5.03 Å². The van der Waals surface area contributed by atoms with E-state index in [-0.39, 0.29) is 0 Å². The fraction of sp³-hybridized carbons (Fsp3) is 0.125. The van der Waals surface area contributed by atoms with E-state index in [0.717, 1.165) is 27.4 Å². The zero-order chi connectivity index (χ0) is 14.5. The van der Waals surface area contributed by atoms with Crippen molar-refractivity contribution >= 4 is 28.4 Å². The van der Waals surface area contributed by atoms with Crippen LogP contribution in [0, 0.1) is 0 Å². The van der Waals surface area contributed by atoms with Crippen LogP contribution in [0.1, 0.15) is 0 Å². The Balaban J connectivity index is 1.61. The molecular formula is C16H15N3OS. The minimum Gasteiger partial charge on any atom is -0.491 e. The standard InChI is InChI=1S/C16H15N3OS/c17-13-6-2-4-8-15(13)20-9-10-21-16-12-5-1-3-7-14(12)18-11-19-16/h1-8,11H,9-10,17H2. The second kappa shape index (κ2) is 6.45. The number of para-hydroxylation sites is 3. The monoisotopic (exact) mass is 297 g/mol. The number of nitrogens with two attached hydrogens (primary N) is 1. The molecule has 21 heavy (non-hydrogen) atoms. The summed E-state index contributed by atoms with van der Waals surface area (Å²) < 4.78 is 5.68. The number of rotatable bonds is 5. The van der Waals surface area contributed by atoms with Crippen molar-refractivity contribution in [3.8, 4) is 5.75 Å². The lowest BCUT2D eigenvalue weighted by Gasteiger charge is -2.08. The summed E-state index contributed by atoms with van der Waals surface area (Å²) in [6, 6.07) is 15.5. The van der Waals surface area contributed by atoms with E-state index in [1.807, 2.05) is 48.5 Å². The van der Waals surface area contributed by atoms with Gasteiger partial charge in [-0.1, -0.05) is 30.3 Å². The number of hydrogen-bond acceptors (Lipinski definition) is 5. The van der Waals surface area contributed by atoms with Gasteiger partial charge in [0.05, 0.1) is 17.8 Å². The lowest BCUT2D eigenvalue weighted by atomic mass is 10.2. The zero-order valence-corrected chi connectivity index (χ0v) is 12.2. The van der Waals surface area contributed by atoms with Crippen LogP contribution >= 0.6 is 11.8 Å². The van der Waals surface area contributed by atoms with Crippen molar-refractivity contribution in [1.29, 1.82) is 0 Å². The molecule has 0 unspecified atom stereocenters. The third-order valence-corrected chi connectivity index (χ3v) is 3.97. The second-order valence-corrected chi connectivity index (χ2v) is 5.51. The van der Waals surface area contributed by atoms with Crippen LogP contribution < -0.4 is 10.5 Å². The first-order chi connectivity index (χ1) is 10.3. The maximum atomic E-state index is 5.84. The first-order valence-corrected chi connectivity index (χ1v) is 7.63. The van der Waals surface area contributed by atoms with Crippen molar-refractivity contribution in [3.63, 3.8) is 0 Å². The first kappa shape index (κ1) is 13.7. The summed E-state index contributed by atoms with van der Waals surface area (Å²) in [5, 5.41) is 2.05. The predicted molar refractivity (Wildman–Crippen MR) is 86.6 cm³/mol. The lowest BCUT2D eigenvalue weighted by Crippen LogP contribution is -2.02. The molecule has 0 bridgehead atoms. The molecule has 0 saturated carbocycles. The molecule has 1 aromatic heterocycles. The lowest BCUT2D eigenvalue weighted by molar-refractivity contribution is 0.346. The van der Waals surface area contributed by atoms with Crippen molar-refractivity contribution in [2.75, 3.05) is 18.1 Å². The molecule has 1 heterocycles. The fourth-order valence-corrected chi connectivity index (χ4v) is 2.81. The molecule has 2 aromatic carbocycles. The maximum Gasteiger partial charge on any atom is 0.142 e. The molecule has 0 saturated heterocycles. The molecule has 3 aromatic rings. The van der Waals surface area contributed by atoms with E-state index in [2.05, 4.69) is 9.97 Å². The van der Waals surface area contributed by atoms with Crippen molar-refractivity contribution in [1.82, 2.24) is 9.97 Å². The Kier molecular flexibility index (Phi) is 4.21. The molecule has 0 amide bonds. The van der Waals surface area contributed by atoms with Gasteiger partial charge in [0, 0.05) is 11.1 Å². The molecule has 0 aliphatic carbocycles. The van der Waals surface area contributed by atoms with Gasteiger partial charge in [-0.3, -0.25) is 0 Å². The number of nitrogens with zero attached hydrogens (tertiary/aromatic N) is 2. The van der Waals surface area contributed by atoms with Gasteiger partial charge >= 0.3 is 0 Å². The Hall–Kier alpha value is -2.27. The molecule has 106 valence electrons. The molecule has 5 heteroatoms. The van der Waals surface area contributed by atoms with Crippen LogP contribution in [0.3, 0.4) is 0 Å². The predicted octanol–water partition coefficient (Wildman–Crippen LogP) is 3.38. The van der Waals surface area contributed by atoms with E-state index in [1.165, 1.54) is 0 Å². The summed E-state index contributed by atoms with van der Waals surface area (Å²) >= 11 is 1.66. The van der Waals surface area contributed by atoms with E-state index in [0.29, 0.717) is 12.3 Å². The van der Waals surface area contributed by atoms with Gasteiger partial charge in [0.2, 0.25) is 0 Å². The van der Waals surface area contributed by atoms with E-state index in [4.69, 9.17) is 10.5 Å². The number of anilines is 1. The largest absolute Gasteiger partial charge is 0.491 e. The quantitative estimate of drug-likeness (QED) is 0.338. The Bertz CT molecular complexity index is 743. The van der Waals surface area contributed by atoms with Gasteiger partial charge in [-0.25, -0.2) is 9.97 Å². The fourth-order valence-electron chi connectivity index (χ4n) is 2.00. The average molecular weight is 297 g/mol. The highest BCUT2D eigenvalue weighted by Gasteiger charge is 2.04. The molecule has 0 radical (unpaired) electrons. The summed E-state index contributed by atoms with van der Waals surface area (Å²) in [7, 11) is 0. The number of thioether (sulfide) groups is 1. The molecule has 0 aliphatic rings. The summed E-state index contributed by atoms with van der Waals surface area (Å²) in [6.07, 6.45) is 1.60. The van der Waals surface area contributed by atoms with Gasteiger partial charge < -0.3 is 10.5 Å². The molecule has 4 nitrogen and oxygen atoms in total. The smallest absolute Gasteiger partial charge is 0.142 e. The molecule has 0 spiro atoms. The number of benzene rings is 2. The number of hydrogen-bond donors (Lipinski definition) is 1. The highest BCUT2D eigenvalue weighted by atomic mass is 32.2. The number of fused-ring (bicyclic) bond motifs is 1. The first-order valence-electron chi connectivity index (χ1n) is 6.64. The second-order valence-electron chi connectivity index (χ2n) is 4.43. The summed E-state index contributed by atoms with van der Waals surface area (Å²) in [4.78, 5) is 8.60. The van der Waals surface area contributed by atoms with E-state index in [9.17, 15) is 0 Å². The Morgan fingerprint density at radius 3 is 2.71 bits per heavy atom. The van der Waals surface area contributed by atoms with Crippen molar-refractivity contribution < 1.29 is 4.74 Å². The van der Waals surface area contributed by atoms with Crippen LogP contribution in [0.25, 0.3) is 10.9 Å². The van der Waals surface area contributed by atoms with Crippen LogP contribution in [0.15, 0.2) is 59.9 Å². The maximum absolute atomic E-state index is 5.84. The van der Waals surface area contributed by atoms with Crippen molar-refractivity contribution in [2.24, 2.45) is 0 Å². The van der Waals surface area contributed by atoms with Crippen LogP contribution in [0.2, 0.25) is 0 Å². The van der Waals surface area contributed by atoms with Crippen molar-refractivity contribution in [3.05, 3.63) is 54.9 Å². The molecule has 2 N–H and O–H groups in total. The van der Waals surface area contributed by atoms with Crippen LogP contribution in [-0.2, 0) is 0 Å². The molecule has 0 aliphatic heterocycles. The topological polar surface area (TPSA) is 61.0 Å². The van der Waals surface area contributed by atoms with Gasteiger partial charge in [0.15, 0.2) is 0 Å². The summed E-state index contributed by atoms with van der Waals surface area (Å²) in [5.41, 5.74) is 7.46. The van der Waals surface area contributed by atoms with Gasteiger partial charge in [-0.05, 0) is 18.2 Å². The summed E-state index contributed by atoms with van der Waals surface area (Å²) in [5.74, 6) is 1.53. The zero-order valence-electron chi connectivity index (χ0n) is 11.4. The minimum atomic E-state index is 0.581. The van der Waals surface area contributed by atoms with E-state index in [1.54, 1.807) is 18.1 Å². The van der Waals surface area contributed by atoms with Gasteiger partial charge in [0.25, 0.3) is 0 Å². The Morgan fingerprint density at radius 1 is 1.00 bits per heavy atom. The Labute approximate surface area is 127 Å². The number of ether oxygens (including phenoxy) is 1. The normalized spacial score (nSPS) is 10.7. The summed E-state index contributed by atoms with van der Waals surface area (Å²) in [6.45, 7) is 0.581. The van der Waals surface area contributed by atoms with E-state index >= 15 is 0 Å². The average Bonchev–Trinajstić information content (AvgIpc) is 2.53. The van der Waals surface area contributed by atoms with E-state index < -0.39 is 0 Å². The minimum absolute atomic E-state index is 0.581. The highest BCUT2D eigenvalue weighted by molar-refractivity contribution is 7.99. The van der Waals surface area contributed by atoms with Gasteiger partial charge in [-0.15, -0.1) is 11.8 Å². The van der Waals surface area contributed by atoms with Gasteiger partial charge in [-0.2, -0.15) is 0 Å². The SMILES string of the molecule is Nc1ccccc1OCCSc1ncnc2ccccc12. The molecule has 0 atom stereocenters. The van der Waals surface area contributed by atoms with Crippen LogP contribution in [0.4, 0.5) is 5.69 Å². The van der Waals surface area contributed by atoms with Crippen LogP contribution in [0.5, 0.6) is 5.75 Å². The third kappa shape index (κ3) is 3.25. The number of aromatic nitrogens is 2.